The Morgan fingerprint density at radius 1 is 1.00 bits per heavy atom. The second-order valence-corrected chi connectivity index (χ2v) is 3.55. The molecule has 0 fully saturated rings. The van der Waals surface area contributed by atoms with E-state index in [0.717, 1.165) is 0 Å². The molecular weight excluding hydrogens is 168 g/mol. The fourth-order valence-electron chi connectivity index (χ4n) is 1.46. The van der Waals surface area contributed by atoms with Gasteiger partial charge in [-0.3, -0.25) is 0 Å². The fourth-order valence-corrected chi connectivity index (χ4v) is 1.46. The molecule has 11 heavy (non-hydrogen) atoms. The van der Waals surface area contributed by atoms with Gasteiger partial charge in [0, 0.05) is 21.7 Å². The Balaban J connectivity index is 0. The Kier molecular flexibility index (Phi) is 8.10. The average molecular weight is 189 g/mol. The first-order chi connectivity index (χ1) is 4.58. The van der Waals surface area contributed by atoms with Crippen LogP contribution in [-0.2, 0) is 21.7 Å². The average Bonchev–Trinajstić information content (AvgIpc) is 1.90. The molecule has 0 aromatic carbocycles. The van der Waals surface area contributed by atoms with Crippen molar-refractivity contribution in [3.05, 3.63) is 5.92 Å². The van der Waals surface area contributed by atoms with Gasteiger partial charge in [0.15, 0.2) is 0 Å². The molecular formula is C10H21Ti-. The molecule has 0 radical (unpaired) electrons. The molecule has 0 rings (SSSR count). The molecule has 0 unspecified atom stereocenters. The predicted molar refractivity (Wildman–Crippen MR) is 47.9 cm³/mol. The molecule has 0 atom stereocenters. The van der Waals surface area contributed by atoms with Crippen LogP contribution in [0.3, 0.4) is 0 Å². The van der Waals surface area contributed by atoms with Gasteiger partial charge in [0.1, 0.15) is 0 Å². The van der Waals surface area contributed by atoms with Crippen LogP contribution < -0.4 is 0 Å². The zero-order chi connectivity index (χ0) is 8.20. The molecule has 0 aliphatic rings. The minimum absolute atomic E-state index is 0. The normalized spacial score (nSPS) is 11.5. The van der Waals surface area contributed by atoms with Gasteiger partial charge in [0.25, 0.3) is 0 Å². The van der Waals surface area contributed by atoms with E-state index in [1.807, 2.05) is 0 Å². The zero-order valence-corrected chi connectivity index (χ0v) is 10.2. The monoisotopic (exact) mass is 189 g/mol. The Morgan fingerprint density at radius 2 is 1.36 bits per heavy atom. The van der Waals surface area contributed by atoms with Crippen molar-refractivity contribution in [3.63, 3.8) is 0 Å². The van der Waals surface area contributed by atoms with Crippen molar-refractivity contribution >= 4 is 0 Å². The first kappa shape index (κ1) is 14.3. The summed E-state index contributed by atoms with van der Waals surface area (Å²) in [7, 11) is 0. The van der Waals surface area contributed by atoms with Gasteiger partial charge >= 0.3 is 0 Å². The summed E-state index contributed by atoms with van der Waals surface area (Å²) in [6, 6.07) is 0. The third kappa shape index (κ3) is 4.33. The van der Waals surface area contributed by atoms with Crippen LogP contribution in [0.1, 0.15) is 53.9 Å². The third-order valence-electron chi connectivity index (χ3n) is 2.69. The van der Waals surface area contributed by atoms with E-state index < -0.39 is 0 Å². The Labute approximate surface area is 87.0 Å². The van der Waals surface area contributed by atoms with Gasteiger partial charge in [-0.25, -0.2) is 0 Å². The van der Waals surface area contributed by atoms with E-state index in [-0.39, 0.29) is 21.7 Å². The zero-order valence-electron chi connectivity index (χ0n) is 8.62. The molecule has 1 heteroatoms. The van der Waals surface area contributed by atoms with E-state index in [1.54, 1.807) is 5.92 Å². The van der Waals surface area contributed by atoms with Gasteiger partial charge < -0.3 is 5.92 Å². The van der Waals surface area contributed by atoms with Crippen LogP contribution in [0, 0.1) is 11.3 Å². The van der Waals surface area contributed by atoms with E-state index in [2.05, 4.69) is 34.6 Å². The molecule has 66 valence electrons. The Bertz CT molecular complexity index is 82.9. The van der Waals surface area contributed by atoms with Crippen LogP contribution in [0.2, 0.25) is 0 Å². The van der Waals surface area contributed by atoms with Gasteiger partial charge in [-0.05, 0) is 0 Å². The van der Waals surface area contributed by atoms with E-state index in [1.165, 1.54) is 19.3 Å². The van der Waals surface area contributed by atoms with Crippen molar-refractivity contribution in [2.45, 2.75) is 53.9 Å². The van der Waals surface area contributed by atoms with Gasteiger partial charge in [-0.15, -0.1) is 0 Å². The van der Waals surface area contributed by atoms with Crippen LogP contribution in [0.25, 0.3) is 0 Å². The molecule has 0 aliphatic heterocycles. The smallest absolute Gasteiger partial charge is 0 e. The van der Waals surface area contributed by atoms with Crippen molar-refractivity contribution in [3.8, 4) is 0 Å². The van der Waals surface area contributed by atoms with Crippen LogP contribution in [-0.4, -0.2) is 0 Å². The maximum absolute atomic E-state index is 2.34. The molecule has 0 saturated heterocycles. The minimum Gasteiger partial charge on any atom is -0.309 e. The molecule has 0 aliphatic carbocycles. The molecule has 0 heterocycles. The molecule has 0 nitrogen and oxygen atoms in total. The van der Waals surface area contributed by atoms with Crippen molar-refractivity contribution in [2.24, 2.45) is 5.41 Å². The topological polar surface area (TPSA) is 0 Å². The quantitative estimate of drug-likeness (QED) is 0.466. The van der Waals surface area contributed by atoms with Gasteiger partial charge in [0.05, 0.1) is 0 Å². The minimum atomic E-state index is 0. The van der Waals surface area contributed by atoms with Crippen LogP contribution >= 0.6 is 0 Å². The number of rotatable bonds is 4. The molecule has 0 N–H and O–H groups in total. The number of hydrogen-bond acceptors (Lipinski definition) is 0. The predicted octanol–water partition coefficient (Wildman–Crippen LogP) is 3.81. The van der Waals surface area contributed by atoms with Crippen LogP contribution in [0.15, 0.2) is 0 Å². The van der Waals surface area contributed by atoms with E-state index in [4.69, 9.17) is 0 Å². The standard InChI is InChI=1S/C10H21.Ti/c1-6-9(7-2)10(4,5)8-3;/h6-8H2,1-5H3;/q-1;. The SMILES string of the molecule is CC[C-](CC)C(C)(C)CC.[Ti]. The molecule has 0 bridgehead atoms. The summed E-state index contributed by atoms with van der Waals surface area (Å²) in [6.07, 6.45) is 3.76. The van der Waals surface area contributed by atoms with Crippen molar-refractivity contribution in [1.82, 2.24) is 0 Å². The second-order valence-electron chi connectivity index (χ2n) is 3.55. The van der Waals surface area contributed by atoms with E-state index in [9.17, 15) is 0 Å². The molecule has 0 saturated carbocycles. The summed E-state index contributed by atoms with van der Waals surface area (Å²) in [5.41, 5.74) is 0.476. The third-order valence-corrected chi connectivity index (χ3v) is 2.69. The summed E-state index contributed by atoms with van der Waals surface area (Å²) < 4.78 is 0. The Morgan fingerprint density at radius 3 is 1.45 bits per heavy atom. The second kappa shape index (κ2) is 6.25. The largest absolute Gasteiger partial charge is 0.309 e. The van der Waals surface area contributed by atoms with Crippen molar-refractivity contribution in [1.29, 1.82) is 0 Å². The summed E-state index contributed by atoms with van der Waals surface area (Å²) in [5, 5.41) is 0. The van der Waals surface area contributed by atoms with Crippen LogP contribution in [0.5, 0.6) is 0 Å². The molecule has 0 aromatic heterocycles. The molecule has 0 aromatic rings. The molecule has 0 spiro atoms. The molecule has 0 amide bonds. The summed E-state index contributed by atoms with van der Waals surface area (Å²) >= 11 is 0. The number of hydrogen-bond donors (Lipinski definition) is 0. The first-order valence-electron chi connectivity index (χ1n) is 4.43. The summed E-state index contributed by atoms with van der Waals surface area (Å²) in [6.45, 7) is 11.5. The fraction of sp³-hybridized carbons (Fsp3) is 0.900. The van der Waals surface area contributed by atoms with E-state index >= 15 is 0 Å². The summed E-state index contributed by atoms with van der Waals surface area (Å²) in [5.74, 6) is 1.70. The van der Waals surface area contributed by atoms with Crippen LogP contribution in [0.4, 0.5) is 0 Å². The van der Waals surface area contributed by atoms with Crippen molar-refractivity contribution < 1.29 is 21.7 Å². The van der Waals surface area contributed by atoms with Gasteiger partial charge in [0.2, 0.25) is 0 Å². The maximum Gasteiger partial charge on any atom is 0 e. The maximum atomic E-state index is 2.34. The van der Waals surface area contributed by atoms with E-state index in [0.29, 0.717) is 5.41 Å². The van der Waals surface area contributed by atoms with Crippen molar-refractivity contribution in [2.75, 3.05) is 0 Å². The first-order valence-corrected chi connectivity index (χ1v) is 4.43. The summed E-state index contributed by atoms with van der Waals surface area (Å²) in [4.78, 5) is 0. The Hall–Kier alpha value is 0.714. The van der Waals surface area contributed by atoms with Gasteiger partial charge in [-0.1, -0.05) is 41.0 Å². The van der Waals surface area contributed by atoms with Gasteiger partial charge in [-0.2, -0.15) is 18.3 Å².